The fourth-order valence-corrected chi connectivity index (χ4v) is 6.41. The first-order valence-electron chi connectivity index (χ1n) is 9.07. The summed E-state index contributed by atoms with van der Waals surface area (Å²) in [7, 11) is -3.74. The molecule has 7 heteroatoms. The number of carbonyl (C=O) groups is 1. The first-order chi connectivity index (χ1) is 12.9. The first kappa shape index (κ1) is 18.7. The molecule has 5 nitrogen and oxygen atoms in total. The highest BCUT2D eigenvalue weighted by Gasteiger charge is 2.30. The lowest BCUT2D eigenvalue weighted by Gasteiger charge is -2.26. The van der Waals surface area contributed by atoms with Crippen molar-refractivity contribution in [2.75, 3.05) is 11.4 Å². The standard InChI is InChI=1S/C20H21BrN2O3S/c1-13(24)23-10-9-15-11-17(21)20(12-19(15)23)27(25,26)22-18-8-4-6-14-5-2-3-7-16(14)18/h2-3,5,7,11-12,18,22H,4,6,8-10H2,1H3. The average Bonchev–Trinajstić information content (AvgIpc) is 3.04. The topological polar surface area (TPSA) is 66.5 Å². The molecule has 1 amide bonds. The van der Waals surface area contributed by atoms with E-state index in [1.165, 1.54) is 12.5 Å². The molecule has 0 saturated carbocycles. The van der Waals surface area contributed by atoms with Crippen LogP contribution in [0.15, 0.2) is 45.8 Å². The summed E-state index contributed by atoms with van der Waals surface area (Å²) in [6.07, 6.45) is 3.44. The summed E-state index contributed by atoms with van der Waals surface area (Å²) in [5, 5.41) is 0. The van der Waals surface area contributed by atoms with Crippen molar-refractivity contribution in [1.82, 2.24) is 4.72 Å². The van der Waals surface area contributed by atoms with E-state index < -0.39 is 10.0 Å². The maximum absolute atomic E-state index is 13.2. The Balaban J connectivity index is 1.70. The zero-order valence-corrected chi connectivity index (χ0v) is 17.4. The molecule has 1 N–H and O–H groups in total. The molecule has 1 aliphatic carbocycles. The van der Waals surface area contributed by atoms with Crippen LogP contribution in [0.5, 0.6) is 0 Å². The number of fused-ring (bicyclic) bond motifs is 2. The van der Waals surface area contributed by atoms with Crippen molar-refractivity contribution in [2.24, 2.45) is 0 Å². The van der Waals surface area contributed by atoms with Gasteiger partial charge in [0.2, 0.25) is 15.9 Å². The fourth-order valence-electron chi connectivity index (χ4n) is 4.05. The molecule has 1 unspecified atom stereocenters. The number of carbonyl (C=O) groups excluding carboxylic acids is 1. The second-order valence-electron chi connectivity index (χ2n) is 7.10. The molecule has 2 aliphatic rings. The minimum absolute atomic E-state index is 0.0754. The van der Waals surface area contributed by atoms with Crippen LogP contribution in [0.2, 0.25) is 0 Å². The van der Waals surface area contributed by atoms with E-state index in [4.69, 9.17) is 0 Å². The van der Waals surface area contributed by atoms with Crippen molar-refractivity contribution in [2.45, 2.75) is 43.5 Å². The summed E-state index contributed by atoms with van der Waals surface area (Å²) < 4.78 is 29.7. The van der Waals surface area contributed by atoms with E-state index in [-0.39, 0.29) is 16.8 Å². The lowest BCUT2D eigenvalue weighted by molar-refractivity contribution is -0.116. The molecule has 2 aromatic rings. The smallest absolute Gasteiger partial charge is 0.242 e. The van der Waals surface area contributed by atoms with Gasteiger partial charge in [-0.3, -0.25) is 4.79 Å². The number of nitrogens with one attached hydrogen (secondary N) is 1. The van der Waals surface area contributed by atoms with Crippen LogP contribution in [0.4, 0.5) is 5.69 Å². The molecule has 2 aromatic carbocycles. The molecular weight excluding hydrogens is 428 g/mol. The number of anilines is 1. The summed E-state index contributed by atoms with van der Waals surface area (Å²) in [6.45, 7) is 2.09. The van der Waals surface area contributed by atoms with Crippen molar-refractivity contribution in [1.29, 1.82) is 0 Å². The number of aryl methyl sites for hydroxylation is 1. The molecule has 0 spiro atoms. The highest BCUT2D eigenvalue weighted by molar-refractivity contribution is 9.10. The Morgan fingerprint density at radius 1 is 1.19 bits per heavy atom. The van der Waals surface area contributed by atoms with Crippen molar-refractivity contribution < 1.29 is 13.2 Å². The lowest BCUT2D eigenvalue weighted by Crippen LogP contribution is -2.31. The molecular formula is C20H21BrN2O3S. The molecule has 0 fully saturated rings. The number of sulfonamides is 1. The molecule has 27 heavy (non-hydrogen) atoms. The van der Waals surface area contributed by atoms with E-state index in [1.54, 1.807) is 11.0 Å². The van der Waals surface area contributed by atoms with Gasteiger partial charge in [0.15, 0.2) is 0 Å². The zero-order valence-electron chi connectivity index (χ0n) is 15.0. The summed E-state index contributed by atoms with van der Waals surface area (Å²) in [5.74, 6) is -0.0754. The van der Waals surface area contributed by atoms with Gasteiger partial charge in [0.05, 0.1) is 4.90 Å². The molecule has 0 saturated heterocycles. The maximum Gasteiger partial charge on any atom is 0.242 e. The molecule has 0 bridgehead atoms. The Hall–Kier alpha value is -1.70. The third kappa shape index (κ3) is 3.44. The van der Waals surface area contributed by atoms with Crippen LogP contribution < -0.4 is 9.62 Å². The van der Waals surface area contributed by atoms with Crippen molar-refractivity contribution in [3.8, 4) is 0 Å². The number of halogens is 1. The van der Waals surface area contributed by atoms with Gasteiger partial charge in [-0.15, -0.1) is 0 Å². The third-order valence-electron chi connectivity index (χ3n) is 5.37. The van der Waals surface area contributed by atoms with Gasteiger partial charge in [0, 0.05) is 29.7 Å². The van der Waals surface area contributed by atoms with E-state index >= 15 is 0 Å². The lowest BCUT2D eigenvalue weighted by atomic mass is 9.88. The van der Waals surface area contributed by atoms with E-state index in [9.17, 15) is 13.2 Å². The van der Waals surface area contributed by atoms with E-state index in [1.807, 2.05) is 24.3 Å². The van der Waals surface area contributed by atoms with Crippen molar-refractivity contribution in [3.05, 3.63) is 57.6 Å². The van der Waals surface area contributed by atoms with Gasteiger partial charge in [-0.25, -0.2) is 13.1 Å². The largest absolute Gasteiger partial charge is 0.312 e. The number of rotatable bonds is 3. The Bertz CT molecular complexity index is 1020. The summed E-state index contributed by atoms with van der Waals surface area (Å²) in [6, 6.07) is 11.2. The van der Waals surface area contributed by atoms with Gasteiger partial charge in [0.1, 0.15) is 0 Å². The van der Waals surface area contributed by atoms with Crippen LogP contribution in [0, 0.1) is 0 Å². The van der Waals surface area contributed by atoms with Crippen LogP contribution in [0.3, 0.4) is 0 Å². The maximum atomic E-state index is 13.2. The molecule has 0 aromatic heterocycles. The van der Waals surface area contributed by atoms with Gasteiger partial charge >= 0.3 is 0 Å². The van der Waals surface area contributed by atoms with Crippen LogP contribution in [0.25, 0.3) is 0 Å². The average molecular weight is 449 g/mol. The van der Waals surface area contributed by atoms with Gasteiger partial charge < -0.3 is 4.90 Å². The Kier molecular flexibility index (Phi) is 4.86. The number of amides is 1. The highest BCUT2D eigenvalue weighted by Crippen LogP contribution is 2.37. The Labute approximate surface area is 167 Å². The SMILES string of the molecule is CC(=O)N1CCc2cc(Br)c(S(=O)(=O)NC3CCCc4ccccc43)cc21. The molecule has 0 radical (unpaired) electrons. The van der Waals surface area contributed by atoms with E-state index in [0.717, 1.165) is 36.8 Å². The minimum atomic E-state index is -3.74. The first-order valence-corrected chi connectivity index (χ1v) is 11.3. The summed E-state index contributed by atoms with van der Waals surface area (Å²) in [4.78, 5) is 13.7. The second-order valence-corrected chi connectivity index (χ2v) is 9.63. The fraction of sp³-hybridized carbons (Fsp3) is 0.350. The van der Waals surface area contributed by atoms with Gasteiger partial charge in [0.25, 0.3) is 0 Å². The van der Waals surface area contributed by atoms with Gasteiger partial charge in [-0.1, -0.05) is 24.3 Å². The molecule has 1 aliphatic heterocycles. The normalized spacial score (nSPS) is 18.9. The van der Waals surface area contributed by atoms with E-state index in [0.29, 0.717) is 16.7 Å². The predicted octanol–water partition coefficient (Wildman–Crippen LogP) is 3.71. The van der Waals surface area contributed by atoms with Crippen LogP contribution >= 0.6 is 15.9 Å². The Morgan fingerprint density at radius 3 is 2.74 bits per heavy atom. The number of hydrogen-bond donors (Lipinski definition) is 1. The summed E-state index contributed by atoms with van der Waals surface area (Å²) >= 11 is 3.42. The number of benzene rings is 2. The molecule has 4 rings (SSSR count). The van der Waals surface area contributed by atoms with E-state index in [2.05, 4.69) is 26.7 Å². The van der Waals surface area contributed by atoms with Gasteiger partial charge in [-0.2, -0.15) is 0 Å². The van der Waals surface area contributed by atoms with Crippen LogP contribution in [0.1, 0.15) is 42.5 Å². The van der Waals surface area contributed by atoms with Crippen LogP contribution in [-0.2, 0) is 27.7 Å². The second kappa shape index (κ2) is 7.04. The third-order valence-corrected chi connectivity index (χ3v) is 7.80. The number of hydrogen-bond acceptors (Lipinski definition) is 3. The zero-order chi connectivity index (χ0) is 19.2. The Morgan fingerprint density at radius 2 is 1.96 bits per heavy atom. The quantitative estimate of drug-likeness (QED) is 0.777. The molecule has 1 heterocycles. The monoisotopic (exact) mass is 448 g/mol. The van der Waals surface area contributed by atoms with Gasteiger partial charge in [-0.05, 0) is 70.4 Å². The highest BCUT2D eigenvalue weighted by atomic mass is 79.9. The predicted molar refractivity (Wildman–Crippen MR) is 108 cm³/mol. The molecule has 1 atom stereocenters. The van der Waals surface area contributed by atoms with Crippen LogP contribution in [-0.4, -0.2) is 20.9 Å². The van der Waals surface area contributed by atoms with Crippen molar-refractivity contribution in [3.63, 3.8) is 0 Å². The minimum Gasteiger partial charge on any atom is -0.312 e. The van der Waals surface area contributed by atoms with Crippen molar-refractivity contribution >= 4 is 37.5 Å². The number of nitrogens with zero attached hydrogens (tertiary/aromatic N) is 1. The summed E-state index contributed by atoms with van der Waals surface area (Å²) in [5.41, 5.74) is 3.93. The molecule has 142 valence electrons.